The van der Waals surface area contributed by atoms with E-state index in [1.54, 1.807) is 7.05 Å². The number of hydrogen-bond donors (Lipinski definition) is 1. The summed E-state index contributed by atoms with van der Waals surface area (Å²) in [6.07, 6.45) is 0.916. The third-order valence-corrected chi connectivity index (χ3v) is 4.43. The number of nitrogens with one attached hydrogen (secondary N) is 1. The van der Waals surface area contributed by atoms with Crippen LogP contribution in [-0.2, 0) is 11.3 Å². The molecule has 1 aromatic heterocycles. The second-order valence-corrected chi connectivity index (χ2v) is 6.08. The highest BCUT2D eigenvalue weighted by atomic mass is 16.5. The first-order valence-corrected chi connectivity index (χ1v) is 8.45. The number of benzene rings is 2. The summed E-state index contributed by atoms with van der Waals surface area (Å²) in [7, 11) is 1.74. The molecule has 1 N–H and O–H groups in total. The molecule has 5 heteroatoms. The zero-order valence-electron chi connectivity index (χ0n) is 14.1. The number of carbonyl (C=O) groups is 1. The Labute approximate surface area is 146 Å². The van der Waals surface area contributed by atoms with E-state index in [1.165, 1.54) is 0 Å². The lowest BCUT2D eigenvalue weighted by atomic mass is 10.1. The molecular formula is C20H20N2O3. The van der Waals surface area contributed by atoms with Crippen molar-refractivity contribution in [2.45, 2.75) is 13.0 Å². The molecule has 3 aromatic rings. The topological polar surface area (TPSA) is 52.5 Å². The van der Waals surface area contributed by atoms with E-state index in [0.29, 0.717) is 12.2 Å². The number of rotatable bonds is 3. The zero-order chi connectivity index (χ0) is 17.2. The highest BCUT2D eigenvalue weighted by Gasteiger charge is 2.18. The number of aromatic nitrogens is 1. The standard InChI is InChI=1S/C20H20N2O3/c1-21-13-25-20(23)15-8-7-14-11-18-16-5-2-3-6-19(16)24-10-4-9-22(18)17(14)12-15/h2-3,5-8,11-12,21H,4,9-10,13H2,1H3. The maximum atomic E-state index is 12.2. The third kappa shape index (κ3) is 2.87. The molecule has 128 valence electrons. The smallest absolute Gasteiger partial charge is 0.339 e. The van der Waals surface area contributed by atoms with Crippen molar-refractivity contribution in [3.05, 3.63) is 54.1 Å². The fourth-order valence-corrected chi connectivity index (χ4v) is 3.28. The van der Waals surface area contributed by atoms with Crippen LogP contribution < -0.4 is 10.1 Å². The minimum atomic E-state index is -0.318. The first-order chi connectivity index (χ1) is 12.3. The van der Waals surface area contributed by atoms with E-state index in [1.807, 2.05) is 36.4 Å². The van der Waals surface area contributed by atoms with Crippen molar-refractivity contribution in [3.8, 4) is 17.0 Å². The van der Waals surface area contributed by atoms with Gasteiger partial charge < -0.3 is 14.0 Å². The molecule has 0 saturated heterocycles. The molecule has 0 fully saturated rings. The van der Waals surface area contributed by atoms with Gasteiger partial charge in [0.15, 0.2) is 0 Å². The van der Waals surface area contributed by atoms with E-state index in [4.69, 9.17) is 9.47 Å². The quantitative estimate of drug-likeness (QED) is 0.588. The van der Waals surface area contributed by atoms with Crippen LogP contribution >= 0.6 is 0 Å². The van der Waals surface area contributed by atoms with Gasteiger partial charge in [0.25, 0.3) is 0 Å². The Hall–Kier alpha value is -2.79. The number of ether oxygens (including phenoxy) is 2. The summed E-state index contributed by atoms with van der Waals surface area (Å²) in [5.41, 5.74) is 3.81. The summed E-state index contributed by atoms with van der Waals surface area (Å²) in [6, 6.07) is 16.0. The second kappa shape index (κ2) is 6.61. The molecule has 0 unspecified atom stereocenters. The molecule has 0 aliphatic carbocycles. The molecule has 4 rings (SSSR count). The Bertz CT molecular complexity index is 930. The van der Waals surface area contributed by atoms with Crippen molar-refractivity contribution in [2.75, 3.05) is 20.4 Å². The molecule has 1 aliphatic heterocycles. The summed E-state index contributed by atoms with van der Waals surface area (Å²) >= 11 is 0. The molecule has 25 heavy (non-hydrogen) atoms. The van der Waals surface area contributed by atoms with Crippen LogP contribution in [0.4, 0.5) is 0 Å². The lowest BCUT2D eigenvalue weighted by Crippen LogP contribution is -2.16. The summed E-state index contributed by atoms with van der Waals surface area (Å²) in [5, 5.41) is 3.92. The van der Waals surface area contributed by atoms with Gasteiger partial charge in [0, 0.05) is 23.0 Å². The maximum Gasteiger partial charge on any atom is 0.339 e. The van der Waals surface area contributed by atoms with Crippen molar-refractivity contribution in [2.24, 2.45) is 0 Å². The van der Waals surface area contributed by atoms with Crippen molar-refractivity contribution >= 4 is 16.9 Å². The second-order valence-electron chi connectivity index (χ2n) is 6.08. The van der Waals surface area contributed by atoms with E-state index in [9.17, 15) is 4.79 Å². The van der Waals surface area contributed by atoms with Crippen LogP contribution in [0.3, 0.4) is 0 Å². The number of fused-ring (bicyclic) bond motifs is 5. The van der Waals surface area contributed by atoms with E-state index >= 15 is 0 Å². The van der Waals surface area contributed by atoms with Gasteiger partial charge in [0.2, 0.25) is 0 Å². The van der Waals surface area contributed by atoms with Crippen LogP contribution in [0.25, 0.3) is 22.2 Å². The average molecular weight is 336 g/mol. The summed E-state index contributed by atoms with van der Waals surface area (Å²) in [6.45, 7) is 1.73. The minimum Gasteiger partial charge on any atom is -0.493 e. The molecule has 1 aliphatic rings. The summed E-state index contributed by atoms with van der Waals surface area (Å²) in [4.78, 5) is 12.2. The summed E-state index contributed by atoms with van der Waals surface area (Å²) in [5.74, 6) is 0.585. The molecule has 5 nitrogen and oxygen atoms in total. The van der Waals surface area contributed by atoms with Crippen LogP contribution in [0.2, 0.25) is 0 Å². The Morgan fingerprint density at radius 2 is 2.12 bits per heavy atom. The number of carbonyl (C=O) groups excluding carboxylic acids is 1. The third-order valence-electron chi connectivity index (χ3n) is 4.43. The Kier molecular flexibility index (Phi) is 4.15. The molecule has 2 aromatic carbocycles. The van der Waals surface area contributed by atoms with Gasteiger partial charge in [-0.2, -0.15) is 0 Å². The molecule has 0 bridgehead atoms. The number of hydrogen-bond acceptors (Lipinski definition) is 4. The predicted octanol–water partition coefficient (Wildman–Crippen LogP) is 3.42. The van der Waals surface area contributed by atoms with E-state index in [0.717, 1.165) is 40.9 Å². The molecule has 0 spiro atoms. The highest BCUT2D eigenvalue weighted by Crippen LogP contribution is 2.36. The van der Waals surface area contributed by atoms with Crippen LogP contribution in [0, 0.1) is 0 Å². The molecule has 0 radical (unpaired) electrons. The van der Waals surface area contributed by atoms with Crippen LogP contribution in [-0.4, -0.2) is 30.9 Å². The van der Waals surface area contributed by atoms with Gasteiger partial charge in [-0.25, -0.2) is 4.79 Å². The normalized spacial score (nSPS) is 13.3. The van der Waals surface area contributed by atoms with Crippen LogP contribution in [0.1, 0.15) is 16.8 Å². The maximum absolute atomic E-state index is 12.2. The number of para-hydroxylation sites is 1. The SMILES string of the molecule is CNCOC(=O)c1ccc2cc3n(c2c1)CCCOc1ccccc1-3. The predicted molar refractivity (Wildman–Crippen MR) is 96.8 cm³/mol. The van der Waals surface area contributed by atoms with E-state index in [-0.39, 0.29) is 12.7 Å². The molecule has 0 saturated carbocycles. The molecule has 0 atom stereocenters. The number of esters is 1. The van der Waals surface area contributed by atoms with Crippen molar-refractivity contribution < 1.29 is 14.3 Å². The van der Waals surface area contributed by atoms with Crippen LogP contribution in [0.5, 0.6) is 5.75 Å². The van der Waals surface area contributed by atoms with Crippen molar-refractivity contribution in [1.29, 1.82) is 0 Å². The lowest BCUT2D eigenvalue weighted by Gasteiger charge is -2.18. The van der Waals surface area contributed by atoms with Crippen molar-refractivity contribution in [3.63, 3.8) is 0 Å². The largest absolute Gasteiger partial charge is 0.493 e. The monoisotopic (exact) mass is 336 g/mol. The Balaban J connectivity index is 1.84. The molecule has 0 amide bonds. The number of nitrogens with zero attached hydrogens (tertiary/aromatic N) is 1. The van der Waals surface area contributed by atoms with Gasteiger partial charge in [0.1, 0.15) is 12.5 Å². The van der Waals surface area contributed by atoms with Gasteiger partial charge >= 0.3 is 5.97 Å². The first kappa shape index (κ1) is 15.7. The fraction of sp³-hybridized carbons (Fsp3) is 0.250. The Morgan fingerprint density at radius 3 is 3.00 bits per heavy atom. The van der Waals surface area contributed by atoms with Gasteiger partial charge in [-0.15, -0.1) is 0 Å². The number of aryl methyl sites for hydroxylation is 1. The lowest BCUT2D eigenvalue weighted by molar-refractivity contribution is 0.0482. The summed E-state index contributed by atoms with van der Waals surface area (Å²) < 4.78 is 13.3. The van der Waals surface area contributed by atoms with Crippen LogP contribution in [0.15, 0.2) is 48.5 Å². The van der Waals surface area contributed by atoms with Gasteiger partial charge in [-0.3, -0.25) is 5.32 Å². The van der Waals surface area contributed by atoms with E-state index in [2.05, 4.69) is 22.0 Å². The average Bonchev–Trinajstić information content (AvgIpc) is 2.98. The Morgan fingerprint density at radius 1 is 1.24 bits per heavy atom. The first-order valence-electron chi connectivity index (χ1n) is 8.45. The highest BCUT2D eigenvalue weighted by molar-refractivity contribution is 5.96. The molecule has 2 heterocycles. The van der Waals surface area contributed by atoms with Gasteiger partial charge in [-0.05, 0) is 43.8 Å². The zero-order valence-corrected chi connectivity index (χ0v) is 14.1. The van der Waals surface area contributed by atoms with Crippen molar-refractivity contribution in [1.82, 2.24) is 9.88 Å². The minimum absolute atomic E-state index is 0.202. The van der Waals surface area contributed by atoms with Gasteiger partial charge in [0.05, 0.1) is 17.9 Å². The molecular weight excluding hydrogens is 316 g/mol. The fourth-order valence-electron chi connectivity index (χ4n) is 3.28. The van der Waals surface area contributed by atoms with Gasteiger partial charge in [-0.1, -0.05) is 18.2 Å². The van der Waals surface area contributed by atoms with E-state index < -0.39 is 0 Å².